The van der Waals surface area contributed by atoms with E-state index in [1.165, 1.54) is 16.3 Å². The lowest BCUT2D eigenvalue weighted by molar-refractivity contribution is -0.115. The van der Waals surface area contributed by atoms with Crippen LogP contribution in [0.3, 0.4) is 0 Å². The van der Waals surface area contributed by atoms with Crippen molar-refractivity contribution in [2.24, 2.45) is 0 Å². The molecule has 9 heteroatoms. The largest absolute Gasteiger partial charge is 0.497 e. The minimum absolute atomic E-state index is 0.172. The molecule has 1 heterocycles. The Morgan fingerprint density at radius 2 is 2.08 bits per heavy atom. The summed E-state index contributed by atoms with van der Waals surface area (Å²) in [6.45, 7) is 2.80. The van der Waals surface area contributed by atoms with Gasteiger partial charge in [-0.05, 0) is 37.6 Å². The van der Waals surface area contributed by atoms with E-state index in [4.69, 9.17) is 9.47 Å². The molecule has 2 N–H and O–H groups in total. The summed E-state index contributed by atoms with van der Waals surface area (Å²) in [5, 5.41) is 9.32. The number of benzene rings is 1. The highest BCUT2D eigenvalue weighted by molar-refractivity contribution is 8.00. The Bertz CT molecular complexity index is 741. The standard InChI is InChI=1S/C16H22N4O4S/c1-11(14(21)17-12-5-7-13(24-3)8-6-12)25-16-19-18-15(22)20(16)9-4-10-23-2/h5-8,11H,4,9-10H2,1-3H3,(H,17,21)(H,18,22)/t11-/m0/s1. The minimum atomic E-state index is -0.418. The van der Waals surface area contributed by atoms with Gasteiger partial charge in [-0.2, -0.15) is 0 Å². The quantitative estimate of drug-likeness (QED) is 0.518. The molecule has 0 radical (unpaired) electrons. The first-order chi connectivity index (χ1) is 12.0. The summed E-state index contributed by atoms with van der Waals surface area (Å²) < 4.78 is 11.6. The molecule has 0 spiro atoms. The fraction of sp³-hybridized carbons (Fsp3) is 0.438. The van der Waals surface area contributed by atoms with E-state index in [0.29, 0.717) is 30.4 Å². The van der Waals surface area contributed by atoms with Crippen LogP contribution in [0, 0.1) is 0 Å². The molecule has 0 aliphatic heterocycles. The number of hydrogen-bond donors (Lipinski definition) is 2. The zero-order valence-corrected chi connectivity index (χ0v) is 15.3. The number of hydrogen-bond acceptors (Lipinski definition) is 6. The van der Waals surface area contributed by atoms with E-state index in [0.717, 1.165) is 5.75 Å². The third-order valence-electron chi connectivity index (χ3n) is 3.46. The van der Waals surface area contributed by atoms with E-state index in [-0.39, 0.29) is 11.6 Å². The number of rotatable bonds is 9. The average Bonchev–Trinajstić information content (AvgIpc) is 2.96. The molecule has 1 amide bonds. The third kappa shape index (κ3) is 5.36. The number of thioether (sulfide) groups is 1. The number of nitrogens with one attached hydrogen (secondary N) is 2. The lowest BCUT2D eigenvalue weighted by Crippen LogP contribution is -2.24. The maximum Gasteiger partial charge on any atom is 0.343 e. The highest BCUT2D eigenvalue weighted by Crippen LogP contribution is 2.22. The molecule has 25 heavy (non-hydrogen) atoms. The number of carbonyl (C=O) groups is 1. The Morgan fingerprint density at radius 3 is 2.72 bits per heavy atom. The molecule has 0 bridgehead atoms. The van der Waals surface area contributed by atoms with Gasteiger partial charge in [-0.1, -0.05) is 11.8 Å². The van der Waals surface area contributed by atoms with E-state index in [1.54, 1.807) is 45.4 Å². The molecule has 0 saturated heterocycles. The zero-order chi connectivity index (χ0) is 18.2. The summed E-state index contributed by atoms with van der Waals surface area (Å²) in [4.78, 5) is 24.2. The molecular formula is C16H22N4O4S. The second-order valence-electron chi connectivity index (χ2n) is 5.29. The van der Waals surface area contributed by atoms with Crippen molar-refractivity contribution in [2.75, 3.05) is 26.1 Å². The molecular weight excluding hydrogens is 344 g/mol. The average molecular weight is 366 g/mol. The SMILES string of the molecule is COCCCn1c(S[C@@H](C)C(=O)Nc2ccc(OC)cc2)n[nH]c1=O. The van der Waals surface area contributed by atoms with Crippen molar-refractivity contribution in [3.05, 3.63) is 34.7 Å². The molecule has 0 aliphatic carbocycles. The first kappa shape index (κ1) is 19.1. The van der Waals surface area contributed by atoms with Crippen LogP contribution in [0.15, 0.2) is 34.2 Å². The van der Waals surface area contributed by atoms with Crippen LogP contribution in [0.5, 0.6) is 5.75 Å². The molecule has 0 fully saturated rings. The topological polar surface area (TPSA) is 98.2 Å². The molecule has 1 atom stereocenters. The van der Waals surface area contributed by atoms with E-state index in [2.05, 4.69) is 15.5 Å². The molecule has 1 aromatic carbocycles. The summed E-state index contributed by atoms with van der Waals surface area (Å²) in [5.74, 6) is 0.547. The summed E-state index contributed by atoms with van der Waals surface area (Å²) in [5.41, 5.74) is 0.388. The molecule has 2 rings (SSSR count). The summed E-state index contributed by atoms with van der Waals surface area (Å²) in [6.07, 6.45) is 0.690. The van der Waals surface area contributed by atoms with Crippen molar-refractivity contribution in [1.82, 2.24) is 14.8 Å². The van der Waals surface area contributed by atoms with Crippen molar-refractivity contribution in [2.45, 2.75) is 30.3 Å². The fourth-order valence-corrected chi connectivity index (χ4v) is 2.97. The summed E-state index contributed by atoms with van der Waals surface area (Å²) in [6, 6.07) is 7.08. The number of carbonyl (C=O) groups excluding carboxylic acids is 1. The molecule has 0 unspecified atom stereocenters. The predicted octanol–water partition coefficient (Wildman–Crippen LogP) is 1.74. The molecule has 2 aromatic rings. The van der Waals surface area contributed by atoms with Crippen LogP contribution >= 0.6 is 11.8 Å². The zero-order valence-electron chi connectivity index (χ0n) is 14.4. The van der Waals surface area contributed by atoms with Crippen LogP contribution in [0.4, 0.5) is 5.69 Å². The highest BCUT2D eigenvalue weighted by Gasteiger charge is 2.19. The van der Waals surface area contributed by atoms with Crippen LogP contribution in [0.1, 0.15) is 13.3 Å². The number of aromatic amines is 1. The van der Waals surface area contributed by atoms with Crippen molar-refractivity contribution < 1.29 is 14.3 Å². The van der Waals surface area contributed by atoms with E-state index in [9.17, 15) is 9.59 Å². The summed E-state index contributed by atoms with van der Waals surface area (Å²) >= 11 is 1.23. The van der Waals surface area contributed by atoms with Gasteiger partial charge in [-0.15, -0.1) is 5.10 Å². The maximum absolute atomic E-state index is 12.3. The second-order valence-corrected chi connectivity index (χ2v) is 6.60. The monoisotopic (exact) mass is 366 g/mol. The number of ether oxygens (including phenoxy) is 2. The van der Waals surface area contributed by atoms with E-state index in [1.807, 2.05) is 0 Å². The molecule has 0 saturated carbocycles. The van der Waals surface area contributed by atoms with Gasteiger partial charge in [0.05, 0.1) is 12.4 Å². The first-order valence-electron chi connectivity index (χ1n) is 7.81. The first-order valence-corrected chi connectivity index (χ1v) is 8.69. The number of H-pyrrole nitrogens is 1. The van der Waals surface area contributed by atoms with Crippen molar-refractivity contribution >= 4 is 23.4 Å². The van der Waals surface area contributed by atoms with Gasteiger partial charge in [0.1, 0.15) is 5.75 Å². The number of methoxy groups -OCH3 is 2. The maximum atomic E-state index is 12.3. The number of anilines is 1. The van der Waals surface area contributed by atoms with Crippen molar-refractivity contribution in [1.29, 1.82) is 0 Å². The molecule has 8 nitrogen and oxygen atoms in total. The van der Waals surface area contributed by atoms with Crippen LogP contribution in [0.2, 0.25) is 0 Å². The van der Waals surface area contributed by atoms with Gasteiger partial charge >= 0.3 is 5.69 Å². The van der Waals surface area contributed by atoms with Crippen LogP contribution in [0.25, 0.3) is 0 Å². The van der Waals surface area contributed by atoms with Crippen LogP contribution < -0.4 is 15.7 Å². The fourth-order valence-electron chi connectivity index (χ4n) is 2.09. The van der Waals surface area contributed by atoms with E-state index < -0.39 is 5.25 Å². The highest BCUT2D eigenvalue weighted by atomic mass is 32.2. The Morgan fingerprint density at radius 1 is 1.36 bits per heavy atom. The lowest BCUT2D eigenvalue weighted by Gasteiger charge is -2.12. The molecule has 0 aliphatic rings. The van der Waals surface area contributed by atoms with Crippen LogP contribution in [-0.2, 0) is 16.1 Å². The van der Waals surface area contributed by atoms with Gasteiger partial charge in [0.15, 0.2) is 5.16 Å². The predicted molar refractivity (Wildman–Crippen MR) is 96.3 cm³/mol. The van der Waals surface area contributed by atoms with E-state index >= 15 is 0 Å². The van der Waals surface area contributed by atoms with Crippen molar-refractivity contribution in [3.8, 4) is 5.75 Å². The minimum Gasteiger partial charge on any atom is -0.497 e. The molecule has 1 aromatic heterocycles. The van der Waals surface area contributed by atoms with Gasteiger partial charge in [0.25, 0.3) is 0 Å². The molecule has 136 valence electrons. The smallest absolute Gasteiger partial charge is 0.343 e. The van der Waals surface area contributed by atoms with Gasteiger partial charge in [0, 0.05) is 25.9 Å². The van der Waals surface area contributed by atoms with Gasteiger partial charge in [-0.25, -0.2) is 9.89 Å². The Labute approximate surface area is 149 Å². The van der Waals surface area contributed by atoms with Gasteiger partial charge in [-0.3, -0.25) is 9.36 Å². The lowest BCUT2D eigenvalue weighted by atomic mass is 10.3. The van der Waals surface area contributed by atoms with Crippen LogP contribution in [-0.4, -0.2) is 46.7 Å². The summed E-state index contributed by atoms with van der Waals surface area (Å²) in [7, 11) is 3.20. The number of amides is 1. The number of nitrogens with zero attached hydrogens (tertiary/aromatic N) is 2. The Balaban J connectivity index is 1.97. The van der Waals surface area contributed by atoms with Gasteiger partial charge in [0.2, 0.25) is 5.91 Å². The van der Waals surface area contributed by atoms with Crippen molar-refractivity contribution in [3.63, 3.8) is 0 Å². The number of aromatic nitrogens is 3. The van der Waals surface area contributed by atoms with Gasteiger partial charge < -0.3 is 14.8 Å². The normalized spacial score (nSPS) is 12.0. The third-order valence-corrected chi connectivity index (χ3v) is 4.55. The Kier molecular flexibility index (Phi) is 7.08. The second kappa shape index (κ2) is 9.28. The Hall–Kier alpha value is -2.26.